The second-order valence-corrected chi connectivity index (χ2v) is 5.75. The molecule has 0 radical (unpaired) electrons. The number of ketones is 2. The fourth-order valence-electron chi connectivity index (χ4n) is 3.29. The standard InChI is InChI=1S/C16H18O8/c1-21-9-4-10(22-2)15(19)12-11(9)14(18)8-6-24-16(20,23-3)5-7(8)13(12)17/h4,7-8,19-20H,5-6H2,1-3H3/t7-,8+,16+/m0/s1. The zero-order valence-corrected chi connectivity index (χ0v) is 13.5. The highest BCUT2D eigenvalue weighted by Crippen LogP contribution is 2.48. The van der Waals surface area contributed by atoms with Gasteiger partial charge in [0.15, 0.2) is 23.1 Å². The Kier molecular flexibility index (Phi) is 3.98. The van der Waals surface area contributed by atoms with Crippen molar-refractivity contribution in [2.24, 2.45) is 11.8 Å². The van der Waals surface area contributed by atoms with E-state index in [2.05, 4.69) is 0 Å². The summed E-state index contributed by atoms with van der Waals surface area (Å²) in [7, 11) is 3.93. The summed E-state index contributed by atoms with van der Waals surface area (Å²) >= 11 is 0. The summed E-state index contributed by atoms with van der Waals surface area (Å²) in [5.41, 5.74) is -0.147. The third kappa shape index (κ3) is 2.26. The fourth-order valence-corrected chi connectivity index (χ4v) is 3.29. The van der Waals surface area contributed by atoms with Crippen molar-refractivity contribution in [3.63, 3.8) is 0 Å². The summed E-state index contributed by atoms with van der Waals surface area (Å²) in [5.74, 6) is -4.70. The summed E-state index contributed by atoms with van der Waals surface area (Å²) in [6, 6.07) is 1.36. The third-order valence-electron chi connectivity index (χ3n) is 4.61. The number of methoxy groups -OCH3 is 3. The molecule has 24 heavy (non-hydrogen) atoms. The topological polar surface area (TPSA) is 112 Å². The van der Waals surface area contributed by atoms with Crippen molar-refractivity contribution in [2.75, 3.05) is 27.9 Å². The lowest BCUT2D eigenvalue weighted by Gasteiger charge is -2.41. The number of rotatable bonds is 3. The highest BCUT2D eigenvalue weighted by Gasteiger charge is 2.52. The smallest absolute Gasteiger partial charge is 0.280 e. The zero-order valence-electron chi connectivity index (χ0n) is 13.5. The number of phenols is 1. The van der Waals surface area contributed by atoms with Crippen LogP contribution in [0.3, 0.4) is 0 Å². The van der Waals surface area contributed by atoms with Gasteiger partial charge in [-0.2, -0.15) is 0 Å². The van der Waals surface area contributed by atoms with Crippen LogP contribution < -0.4 is 9.47 Å². The minimum atomic E-state index is -1.94. The Bertz CT molecular complexity index is 713. The van der Waals surface area contributed by atoms with E-state index in [-0.39, 0.29) is 41.4 Å². The Labute approximate surface area is 137 Å². The number of aromatic hydroxyl groups is 1. The number of phenolic OH excluding ortho intramolecular Hbond substituents is 1. The molecule has 2 aliphatic rings. The minimum Gasteiger partial charge on any atom is -0.504 e. The molecule has 1 aliphatic carbocycles. The first kappa shape index (κ1) is 16.7. The fraction of sp³-hybridized carbons (Fsp3) is 0.500. The molecule has 1 aromatic carbocycles. The Hall–Kier alpha value is -2.16. The van der Waals surface area contributed by atoms with E-state index in [1.54, 1.807) is 0 Å². The molecular formula is C16H18O8. The number of ether oxygens (including phenoxy) is 4. The summed E-state index contributed by atoms with van der Waals surface area (Å²) in [4.78, 5) is 25.8. The molecule has 1 aliphatic heterocycles. The first-order valence-electron chi connectivity index (χ1n) is 7.34. The van der Waals surface area contributed by atoms with Crippen LogP contribution in [0.5, 0.6) is 17.2 Å². The van der Waals surface area contributed by atoms with E-state index < -0.39 is 29.3 Å². The Morgan fingerprint density at radius 3 is 2.29 bits per heavy atom. The van der Waals surface area contributed by atoms with E-state index >= 15 is 0 Å². The average molecular weight is 338 g/mol. The van der Waals surface area contributed by atoms with Crippen molar-refractivity contribution in [3.05, 3.63) is 17.2 Å². The van der Waals surface area contributed by atoms with Gasteiger partial charge >= 0.3 is 0 Å². The molecule has 3 atom stereocenters. The van der Waals surface area contributed by atoms with Gasteiger partial charge in [-0.3, -0.25) is 9.59 Å². The molecule has 8 heteroatoms. The number of carbonyl (C=O) groups excluding carboxylic acids is 2. The molecule has 130 valence electrons. The Morgan fingerprint density at radius 2 is 1.71 bits per heavy atom. The molecule has 1 saturated heterocycles. The Morgan fingerprint density at radius 1 is 1.08 bits per heavy atom. The van der Waals surface area contributed by atoms with Gasteiger partial charge in [0.05, 0.1) is 37.9 Å². The second-order valence-electron chi connectivity index (χ2n) is 5.75. The van der Waals surface area contributed by atoms with Gasteiger partial charge in [-0.1, -0.05) is 0 Å². The van der Waals surface area contributed by atoms with E-state index in [9.17, 15) is 19.8 Å². The number of aliphatic hydroxyl groups is 1. The van der Waals surface area contributed by atoms with E-state index in [0.29, 0.717) is 0 Å². The lowest BCUT2D eigenvalue weighted by molar-refractivity contribution is -0.372. The van der Waals surface area contributed by atoms with Gasteiger partial charge in [0.25, 0.3) is 5.97 Å². The van der Waals surface area contributed by atoms with Crippen LogP contribution in [0.4, 0.5) is 0 Å². The van der Waals surface area contributed by atoms with Crippen molar-refractivity contribution in [1.82, 2.24) is 0 Å². The quantitative estimate of drug-likeness (QED) is 0.776. The van der Waals surface area contributed by atoms with Crippen molar-refractivity contribution in [2.45, 2.75) is 12.4 Å². The SMILES string of the molecule is COc1cc(OC)c2c(c1O)C(=O)[C@H]1C[C@@](O)(OC)OC[C@H]1C2=O. The predicted octanol–water partition coefficient (Wildman–Crippen LogP) is 0.734. The van der Waals surface area contributed by atoms with Crippen LogP contribution in [0.25, 0.3) is 0 Å². The number of fused-ring (bicyclic) bond motifs is 2. The maximum absolute atomic E-state index is 12.9. The number of benzene rings is 1. The van der Waals surface area contributed by atoms with Gasteiger partial charge in [0.2, 0.25) is 0 Å². The van der Waals surface area contributed by atoms with Crippen LogP contribution in [-0.2, 0) is 9.47 Å². The monoisotopic (exact) mass is 338 g/mol. The number of hydrogen-bond donors (Lipinski definition) is 2. The summed E-state index contributed by atoms with van der Waals surface area (Å²) in [5, 5.41) is 20.5. The van der Waals surface area contributed by atoms with Crippen LogP contribution in [0, 0.1) is 11.8 Å². The van der Waals surface area contributed by atoms with Gasteiger partial charge in [-0.05, 0) is 0 Å². The van der Waals surface area contributed by atoms with Crippen molar-refractivity contribution in [3.8, 4) is 17.2 Å². The van der Waals surface area contributed by atoms with Crippen molar-refractivity contribution in [1.29, 1.82) is 0 Å². The molecule has 0 bridgehead atoms. The maximum Gasteiger partial charge on any atom is 0.280 e. The van der Waals surface area contributed by atoms with Gasteiger partial charge in [-0.15, -0.1) is 0 Å². The second kappa shape index (κ2) is 5.73. The zero-order chi connectivity index (χ0) is 17.6. The molecule has 3 rings (SSSR count). The molecule has 2 N–H and O–H groups in total. The number of Topliss-reactive ketones (excluding diaryl/α,β-unsaturated/α-hetero) is 2. The van der Waals surface area contributed by atoms with Crippen molar-refractivity contribution >= 4 is 11.6 Å². The molecule has 1 heterocycles. The molecule has 0 spiro atoms. The summed E-state index contributed by atoms with van der Waals surface area (Å²) < 4.78 is 20.3. The van der Waals surface area contributed by atoms with Crippen molar-refractivity contribution < 1.29 is 38.7 Å². The highest BCUT2D eigenvalue weighted by atomic mass is 16.8. The van der Waals surface area contributed by atoms with Gasteiger partial charge in [0.1, 0.15) is 5.75 Å². The lowest BCUT2D eigenvalue weighted by Crippen LogP contribution is -2.52. The average Bonchev–Trinajstić information content (AvgIpc) is 2.59. The predicted molar refractivity (Wildman–Crippen MR) is 79.4 cm³/mol. The molecule has 0 aromatic heterocycles. The number of carbonyl (C=O) groups is 2. The molecule has 1 aromatic rings. The third-order valence-corrected chi connectivity index (χ3v) is 4.61. The molecule has 0 saturated carbocycles. The summed E-state index contributed by atoms with van der Waals surface area (Å²) in [6.45, 7) is -0.172. The van der Waals surface area contributed by atoms with E-state index in [1.165, 1.54) is 27.4 Å². The van der Waals surface area contributed by atoms with E-state index in [4.69, 9.17) is 18.9 Å². The number of hydrogen-bond acceptors (Lipinski definition) is 8. The molecule has 8 nitrogen and oxygen atoms in total. The molecule has 0 unspecified atom stereocenters. The Balaban J connectivity index is 2.17. The van der Waals surface area contributed by atoms with E-state index in [0.717, 1.165) is 0 Å². The largest absolute Gasteiger partial charge is 0.504 e. The maximum atomic E-state index is 12.9. The van der Waals surface area contributed by atoms with Crippen LogP contribution in [0.15, 0.2) is 6.07 Å². The minimum absolute atomic E-state index is 0.00788. The van der Waals surface area contributed by atoms with Gasteiger partial charge in [-0.25, -0.2) is 0 Å². The molecular weight excluding hydrogens is 320 g/mol. The van der Waals surface area contributed by atoms with Gasteiger partial charge in [0, 0.05) is 25.5 Å². The van der Waals surface area contributed by atoms with Crippen LogP contribution in [-0.4, -0.2) is 55.7 Å². The lowest BCUT2D eigenvalue weighted by atomic mass is 9.71. The molecule has 0 amide bonds. The first-order chi connectivity index (χ1) is 11.4. The molecule has 1 fully saturated rings. The summed E-state index contributed by atoms with van der Waals surface area (Å²) in [6.07, 6.45) is -0.211. The highest BCUT2D eigenvalue weighted by molar-refractivity contribution is 6.19. The van der Waals surface area contributed by atoms with Gasteiger partial charge < -0.3 is 29.2 Å². The van der Waals surface area contributed by atoms with Crippen LogP contribution in [0.1, 0.15) is 27.1 Å². The van der Waals surface area contributed by atoms with E-state index in [1.807, 2.05) is 0 Å². The normalized spacial score (nSPS) is 29.0. The van der Waals surface area contributed by atoms with Crippen LogP contribution >= 0.6 is 0 Å². The first-order valence-corrected chi connectivity index (χ1v) is 7.34. The van der Waals surface area contributed by atoms with Crippen LogP contribution in [0.2, 0.25) is 0 Å².